The summed E-state index contributed by atoms with van der Waals surface area (Å²) in [6.07, 6.45) is 3.43. The van der Waals surface area contributed by atoms with Crippen molar-refractivity contribution >= 4 is 34.7 Å². The van der Waals surface area contributed by atoms with Crippen LogP contribution in [0, 0.1) is 0 Å². The smallest absolute Gasteiger partial charge is 0.230 e. The molecule has 4 aromatic rings. The number of hydrogen-bond donors (Lipinski definition) is 1. The summed E-state index contributed by atoms with van der Waals surface area (Å²) >= 11 is 3.01. The summed E-state index contributed by atoms with van der Waals surface area (Å²) in [7, 11) is 0. The van der Waals surface area contributed by atoms with Crippen molar-refractivity contribution in [1.29, 1.82) is 0 Å². The van der Waals surface area contributed by atoms with E-state index in [2.05, 4.69) is 25.6 Å². The Morgan fingerprint density at radius 2 is 2.19 bits per heavy atom. The highest BCUT2D eigenvalue weighted by molar-refractivity contribution is 7.99. The maximum atomic E-state index is 12.2. The fourth-order valence-corrected chi connectivity index (χ4v) is 3.96. The quantitative estimate of drug-likeness (QED) is 0.504. The largest absolute Gasteiger partial charge is 0.348 e. The van der Waals surface area contributed by atoms with Crippen molar-refractivity contribution < 1.29 is 4.79 Å². The number of thiophene rings is 1. The summed E-state index contributed by atoms with van der Waals surface area (Å²) in [6.45, 7) is 1.98. The molecular weight excluding hydrogens is 380 g/mol. The van der Waals surface area contributed by atoms with Crippen LogP contribution in [-0.2, 0) is 4.79 Å². The summed E-state index contributed by atoms with van der Waals surface area (Å²) in [5.41, 5.74) is 1.48. The Bertz CT molecular complexity index is 1050. The van der Waals surface area contributed by atoms with Gasteiger partial charge in [0.15, 0.2) is 11.5 Å². The van der Waals surface area contributed by atoms with Crippen LogP contribution in [0.5, 0.6) is 0 Å². The first-order valence-corrected chi connectivity index (χ1v) is 10.2. The molecule has 0 saturated carbocycles. The third kappa shape index (κ3) is 3.99. The van der Waals surface area contributed by atoms with E-state index in [0.717, 1.165) is 15.5 Å². The summed E-state index contributed by atoms with van der Waals surface area (Å²) in [5.74, 6) is 0.883. The first-order valence-electron chi connectivity index (χ1n) is 8.29. The van der Waals surface area contributed by atoms with Crippen molar-refractivity contribution in [2.45, 2.75) is 18.0 Å². The summed E-state index contributed by atoms with van der Waals surface area (Å²) in [4.78, 5) is 17.5. The lowest BCUT2D eigenvalue weighted by Crippen LogP contribution is -2.27. The number of nitrogens with zero attached hydrogens (tertiary/aromatic N) is 5. The number of rotatable bonds is 6. The number of hydrogen-bond acceptors (Lipinski definition) is 7. The number of fused-ring (bicyclic) bond motifs is 1. The lowest BCUT2D eigenvalue weighted by atomic mass is 10.3. The molecule has 4 heterocycles. The zero-order valence-corrected chi connectivity index (χ0v) is 16.1. The van der Waals surface area contributed by atoms with Crippen LogP contribution < -0.4 is 5.32 Å². The highest BCUT2D eigenvalue weighted by Gasteiger charge is 2.13. The zero-order chi connectivity index (χ0) is 18.6. The van der Waals surface area contributed by atoms with E-state index in [1.165, 1.54) is 11.8 Å². The van der Waals surface area contributed by atoms with E-state index in [1.54, 1.807) is 28.2 Å². The molecule has 0 saturated heterocycles. The molecule has 136 valence electrons. The van der Waals surface area contributed by atoms with E-state index < -0.39 is 0 Å². The second-order valence-corrected chi connectivity index (χ2v) is 7.78. The molecule has 4 aromatic heterocycles. The molecule has 9 heteroatoms. The van der Waals surface area contributed by atoms with Gasteiger partial charge in [0.1, 0.15) is 5.03 Å². The van der Waals surface area contributed by atoms with Gasteiger partial charge < -0.3 is 5.32 Å². The van der Waals surface area contributed by atoms with Crippen molar-refractivity contribution in [1.82, 2.24) is 30.1 Å². The molecule has 27 heavy (non-hydrogen) atoms. The van der Waals surface area contributed by atoms with Gasteiger partial charge in [-0.05, 0) is 42.6 Å². The Labute approximate surface area is 163 Å². The number of nitrogens with one attached hydrogen (secondary N) is 1. The lowest BCUT2D eigenvalue weighted by Gasteiger charge is -2.11. The minimum Gasteiger partial charge on any atom is -0.348 e. The minimum absolute atomic E-state index is 0.00331. The van der Waals surface area contributed by atoms with Crippen molar-refractivity contribution in [3.63, 3.8) is 0 Å². The van der Waals surface area contributed by atoms with Gasteiger partial charge in [-0.3, -0.25) is 9.78 Å². The number of carbonyl (C=O) groups is 1. The first kappa shape index (κ1) is 17.6. The third-order valence-corrected chi connectivity index (χ3v) is 5.83. The standard InChI is InChI=1S/C18H16N6OS2/c1-12(14-5-3-9-26-14)20-16(25)11-27-17-7-6-15-21-22-18(24(15)23-17)13-4-2-8-19-10-13/h2-10,12H,11H2,1H3,(H,20,25). The molecule has 0 aromatic carbocycles. The monoisotopic (exact) mass is 396 g/mol. The molecule has 0 radical (unpaired) electrons. The topological polar surface area (TPSA) is 85.1 Å². The maximum absolute atomic E-state index is 12.2. The molecule has 0 bridgehead atoms. The van der Waals surface area contributed by atoms with Gasteiger partial charge in [-0.15, -0.1) is 21.5 Å². The highest BCUT2D eigenvalue weighted by atomic mass is 32.2. The number of carbonyl (C=O) groups excluding carboxylic acids is 1. The number of aromatic nitrogens is 5. The Kier molecular flexibility index (Phi) is 5.12. The van der Waals surface area contributed by atoms with E-state index in [4.69, 9.17) is 0 Å². The molecule has 1 unspecified atom stereocenters. The van der Waals surface area contributed by atoms with E-state index in [0.29, 0.717) is 17.2 Å². The lowest BCUT2D eigenvalue weighted by molar-refractivity contribution is -0.119. The average molecular weight is 397 g/mol. The van der Waals surface area contributed by atoms with Crippen LogP contribution in [0.2, 0.25) is 0 Å². The second kappa shape index (κ2) is 7.85. The van der Waals surface area contributed by atoms with Gasteiger partial charge in [0.25, 0.3) is 0 Å². The molecule has 0 aliphatic heterocycles. The Morgan fingerprint density at radius 3 is 2.96 bits per heavy atom. The van der Waals surface area contributed by atoms with Crippen LogP contribution >= 0.6 is 23.1 Å². The van der Waals surface area contributed by atoms with Crippen molar-refractivity contribution in [2.24, 2.45) is 0 Å². The van der Waals surface area contributed by atoms with Gasteiger partial charge in [0.05, 0.1) is 11.8 Å². The number of pyridine rings is 1. The molecule has 0 fully saturated rings. The van der Waals surface area contributed by atoms with Crippen LogP contribution in [-0.4, -0.2) is 36.5 Å². The van der Waals surface area contributed by atoms with Gasteiger partial charge in [0.2, 0.25) is 5.91 Å². The van der Waals surface area contributed by atoms with Crippen LogP contribution in [0.25, 0.3) is 17.0 Å². The van der Waals surface area contributed by atoms with Gasteiger partial charge in [0, 0.05) is 22.8 Å². The van der Waals surface area contributed by atoms with Gasteiger partial charge in [-0.2, -0.15) is 9.61 Å². The molecule has 7 nitrogen and oxygen atoms in total. The number of thioether (sulfide) groups is 1. The predicted octanol–water partition coefficient (Wildman–Crippen LogP) is 3.22. The summed E-state index contributed by atoms with van der Waals surface area (Å²) in [5, 5.41) is 18.6. The molecular formula is C18H16N6OS2. The maximum Gasteiger partial charge on any atom is 0.230 e. The average Bonchev–Trinajstić information content (AvgIpc) is 3.37. The molecule has 0 spiro atoms. The highest BCUT2D eigenvalue weighted by Crippen LogP contribution is 2.21. The molecule has 1 amide bonds. The van der Waals surface area contributed by atoms with E-state index >= 15 is 0 Å². The molecule has 0 aliphatic carbocycles. The van der Waals surface area contributed by atoms with Crippen molar-refractivity contribution in [3.8, 4) is 11.4 Å². The Morgan fingerprint density at radius 1 is 1.26 bits per heavy atom. The fraction of sp³-hybridized carbons (Fsp3) is 0.167. The number of amides is 1. The fourth-order valence-electron chi connectivity index (χ4n) is 2.56. The predicted molar refractivity (Wildman–Crippen MR) is 106 cm³/mol. The van der Waals surface area contributed by atoms with Crippen LogP contribution in [0.15, 0.2) is 59.2 Å². The van der Waals surface area contributed by atoms with E-state index in [9.17, 15) is 4.79 Å². The van der Waals surface area contributed by atoms with Crippen molar-refractivity contribution in [2.75, 3.05) is 5.75 Å². The summed E-state index contributed by atoms with van der Waals surface area (Å²) in [6, 6.07) is 11.4. The van der Waals surface area contributed by atoms with E-state index in [1.807, 2.05) is 48.7 Å². The van der Waals surface area contributed by atoms with Gasteiger partial charge >= 0.3 is 0 Å². The molecule has 1 atom stereocenters. The van der Waals surface area contributed by atoms with Gasteiger partial charge in [-0.25, -0.2) is 0 Å². The second-order valence-electron chi connectivity index (χ2n) is 5.80. The normalized spacial score (nSPS) is 12.2. The van der Waals surface area contributed by atoms with Gasteiger partial charge in [-0.1, -0.05) is 17.8 Å². The zero-order valence-electron chi connectivity index (χ0n) is 14.4. The molecule has 4 rings (SSSR count). The van der Waals surface area contributed by atoms with Crippen LogP contribution in [0.3, 0.4) is 0 Å². The SMILES string of the molecule is CC(NC(=O)CSc1ccc2nnc(-c3cccnc3)n2n1)c1cccs1. The van der Waals surface area contributed by atoms with Crippen LogP contribution in [0.4, 0.5) is 0 Å². The first-order chi connectivity index (χ1) is 13.2. The third-order valence-electron chi connectivity index (χ3n) is 3.86. The Balaban J connectivity index is 1.45. The van der Waals surface area contributed by atoms with Crippen molar-refractivity contribution in [3.05, 3.63) is 59.0 Å². The van der Waals surface area contributed by atoms with Crippen LogP contribution in [0.1, 0.15) is 17.8 Å². The Hall–Kier alpha value is -2.78. The molecule has 0 aliphatic rings. The minimum atomic E-state index is -0.0287. The molecule has 1 N–H and O–H groups in total. The van der Waals surface area contributed by atoms with E-state index in [-0.39, 0.29) is 11.9 Å². The summed E-state index contributed by atoms with van der Waals surface area (Å²) < 4.78 is 1.67.